The zero-order valence-electron chi connectivity index (χ0n) is 9.57. The van der Waals surface area contributed by atoms with Gasteiger partial charge in [0.2, 0.25) is 0 Å². The van der Waals surface area contributed by atoms with E-state index >= 15 is 0 Å². The lowest BCUT2D eigenvalue weighted by Crippen LogP contribution is -2.31. The van der Waals surface area contributed by atoms with Crippen molar-refractivity contribution >= 4 is 12.6 Å². The first kappa shape index (κ1) is 14.8. The smallest absolute Gasteiger partial charge is 0.468 e. The van der Waals surface area contributed by atoms with Gasteiger partial charge < -0.3 is 19.5 Å². The summed E-state index contributed by atoms with van der Waals surface area (Å²) >= 11 is 0. The van der Waals surface area contributed by atoms with Crippen molar-refractivity contribution in [1.82, 2.24) is 0 Å². The molecule has 0 aliphatic carbocycles. The van der Waals surface area contributed by atoms with E-state index in [9.17, 15) is 13.2 Å². The quantitative estimate of drug-likeness (QED) is 0.464. The van der Waals surface area contributed by atoms with Crippen molar-refractivity contribution in [2.24, 2.45) is 0 Å². The molecule has 0 saturated carbocycles. The number of hydrogen-bond donors (Lipinski definition) is 2. The molecule has 0 radical (unpaired) electrons. The Labute approximate surface area is 102 Å². The van der Waals surface area contributed by atoms with Crippen LogP contribution in [0.1, 0.15) is 5.56 Å². The van der Waals surface area contributed by atoms with E-state index in [4.69, 9.17) is 14.8 Å². The molecule has 8 heteroatoms. The molecule has 2 N–H and O–H groups in total. The molecule has 4 nitrogen and oxygen atoms in total. The molecule has 1 rings (SSSR count). The molecule has 0 aliphatic rings. The molecule has 0 unspecified atom stereocenters. The van der Waals surface area contributed by atoms with Crippen LogP contribution in [0.15, 0.2) is 18.2 Å². The Hall–Kier alpha value is -1.25. The molecule has 1 aromatic carbocycles. The van der Waals surface area contributed by atoms with Gasteiger partial charge in [0.25, 0.3) is 0 Å². The van der Waals surface area contributed by atoms with Crippen LogP contribution in [0.2, 0.25) is 0 Å². The summed E-state index contributed by atoms with van der Waals surface area (Å²) in [4.78, 5) is 0. The molecule has 1 aromatic rings. The largest absolute Gasteiger partial charge is 0.488 e. The number of aryl methyl sites for hydroxylation is 1. The molecule has 18 heavy (non-hydrogen) atoms. The minimum absolute atomic E-state index is 0.291. The molecule has 100 valence electrons. The minimum atomic E-state index is -4.38. The van der Waals surface area contributed by atoms with Crippen LogP contribution >= 0.6 is 0 Å². The average molecular weight is 264 g/mol. The van der Waals surface area contributed by atoms with Gasteiger partial charge in [-0.05, 0) is 30.1 Å². The fourth-order valence-electron chi connectivity index (χ4n) is 1.29. The number of hydrogen-bond acceptors (Lipinski definition) is 4. The van der Waals surface area contributed by atoms with E-state index in [1.165, 1.54) is 18.2 Å². The zero-order chi connectivity index (χ0) is 13.8. The summed E-state index contributed by atoms with van der Waals surface area (Å²) in [6.07, 6.45) is -4.38. The molecule has 0 spiro atoms. The third kappa shape index (κ3) is 4.95. The van der Waals surface area contributed by atoms with Gasteiger partial charge in [-0.15, -0.1) is 0 Å². The van der Waals surface area contributed by atoms with Crippen LogP contribution in [0, 0.1) is 6.92 Å². The summed E-state index contributed by atoms with van der Waals surface area (Å²) in [7, 11) is -1.60. The second kappa shape index (κ2) is 6.08. The van der Waals surface area contributed by atoms with Crippen molar-refractivity contribution in [2.75, 3.05) is 13.4 Å². The number of halogens is 3. The van der Waals surface area contributed by atoms with Gasteiger partial charge in [0.15, 0.2) is 6.79 Å². The number of benzene rings is 1. The van der Waals surface area contributed by atoms with Crippen LogP contribution < -0.4 is 10.2 Å². The normalized spacial score (nSPS) is 11.4. The predicted molar refractivity (Wildman–Crippen MR) is 58.5 cm³/mol. The van der Waals surface area contributed by atoms with E-state index in [-0.39, 0.29) is 0 Å². The summed E-state index contributed by atoms with van der Waals surface area (Å²) in [6, 6.07) is 4.31. The van der Waals surface area contributed by atoms with Crippen molar-refractivity contribution in [3.8, 4) is 5.75 Å². The molecule has 0 atom stereocenters. The monoisotopic (exact) mass is 264 g/mol. The topological polar surface area (TPSA) is 58.9 Å². The molecule has 0 saturated heterocycles. The van der Waals surface area contributed by atoms with Crippen LogP contribution in [0.5, 0.6) is 5.75 Å². The highest BCUT2D eigenvalue weighted by atomic mass is 19.4. The van der Waals surface area contributed by atoms with Crippen LogP contribution in [-0.2, 0) is 4.74 Å². The van der Waals surface area contributed by atoms with Crippen LogP contribution in [0.25, 0.3) is 0 Å². The lowest BCUT2D eigenvalue weighted by molar-refractivity contribution is -0.186. The molecule has 0 bridgehead atoms. The maximum Gasteiger partial charge on any atom is 0.488 e. The molecule has 0 aromatic heterocycles. The predicted octanol–water partition coefficient (Wildman–Crippen LogP) is 0.590. The zero-order valence-corrected chi connectivity index (χ0v) is 9.57. The van der Waals surface area contributed by atoms with Crippen molar-refractivity contribution in [2.45, 2.75) is 13.1 Å². The number of alkyl halides is 3. The van der Waals surface area contributed by atoms with Crippen LogP contribution in [0.4, 0.5) is 13.2 Å². The highest BCUT2D eigenvalue weighted by Gasteiger charge is 2.27. The van der Waals surface area contributed by atoms with Gasteiger partial charge in [0, 0.05) is 0 Å². The highest BCUT2D eigenvalue weighted by molar-refractivity contribution is 6.59. The number of ether oxygens (including phenoxy) is 2. The second-order valence-electron chi connectivity index (χ2n) is 3.62. The van der Waals surface area contributed by atoms with Gasteiger partial charge in [-0.1, -0.05) is 6.07 Å². The molecule has 0 fully saturated rings. The Bertz CT molecular complexity index is 395. The molecular formula is C10H12BF3O4. The van der Waals surface area contributed by atoms with Gasteiger partial charge in [0.1, 0.15) is 12.4 Å². The Morgan fingerprint density at radius 1 is 1.28 bits per heavy atom. The van der Waals surface area contributed by atoms with Gasteiger partial charge in [-0.2, -0.15) is 13.2 Å². The lowest BCUT2D eigenvalue weighted by Gasteiger charge is -2.11. The third-order valence-corrected chi connectivity index (χ3v) is 2.09. The fraction of sp³-hybridized carbons (Fsp3) is 0.400. The van der Waals surface area contributed by atoms with E-state index in [1.807, 2.05) is 0 Å². The Kier molecular flexibility index (Phi) is 5.00. The van der Waals surface area contributed by atoms with E-state index < -0.39 is 26.7 Å². The SMILES string of the molecule is Cc1cc(OCOCC(F)(F)F)ccc1B(O)O. The van der Waals surface area contributed by atoms with Gasteiger partial charge >= 0.3 is 13.3 Å². The van der Waals surface area contributed by atoms with E-state index in [1.54, 1.807) is 6.92 Å². The van der Waals surface area contributed by atoms with Crippen molar-refractivity contribution in [3.63, 3.8) is 0 Å². The van der Waals surface area contributed by atoms with Gasteiger partial charge in [0.05, 0.1) is 0 Å². The first-order valence-electron chi connectivity index (χ1n) is 5.03. The minimum Gasteiger partial charge on any atom is -0.468 e. The van der Waals surface area contributed by atoms with Crippen molar-refractivity contribution in [1.29, 1.82) is 0 Å². The van der Waals surface area contributed by atoms with Gasteiger partial charge in [-0.25, -0.2) is 0 Å². The van der Waals surface area contributed by atoms with E-state index in [2.05, 4.69) is 4.74 Å². The Balaban J connectivity index is 2.47. The van der Waals surface area contributed by atoms with Crippen molar-refractivity contribution < 1.29 is 32.7 Å². The van der Waals surface area contributed by atoms with Crippen molar-refractivity contribution in [3.05, 3.63) is 23.8 Å². The Morgan fingerprint density at radius 2 is 1.94 bits per heavy atom. The standard InChI is InChI=1S/C10H12BF3O4/c1-7-4-8(2-3-9(7)11(15)16)18-6-17-5-10(12,13)14/h2-4,15-16H,5-6H2,1H3. The highest BCUT2D eigenvalue weighted by Crippen LogP contribution is 2.15. The summed E-state index contributed by atoms with van der Waals surface area (Å²) in [5.41, 5.74) is 0.858. The maximum absolute atomic E-state index is 11.8. The molecule has 0 amide bonds. The summed E-state index contributed by atoms with van der Waals surface area (Å²) in [5.74, 6) is 0.291. The lowest BCUT2D eigenvalue weighted by atomic mass is 9.77. The maximum atomic E-state index is 11.8. The average Bonchev–Trinajstić information content (AvgIpc) is 2.22. The van der Waals surface area contributed by atoms with E-state index in [0.717, 1.165) is 0 Å². The summed E-state index contributed by atoms with van der Waals surface area (Å²) in [6.45, 7) is -0.280. The fourth-order valence-corrected chi connectivity index (χ4v) is 1.29. The van der Waals surface area contributed by atoms with Crippen LogP contribution in [0.3, 0.4) is 0 Å². The first-order chi connectivity index (χ1) is 8.29. The summed E-state index contributed by atoms with van der Waals surface area (Å²) in [5, 5.41) is 17.9. The van der Waals surface area contributed by atoms with Gasteiger partial charge in [-0.3, -0.25) is 0 Å². The summed E-state index contributed by atoms with van der Waals surface area (Å²) < 4.78 is 44.5. The third-order valence-electron chi connectivity index (χ3n) is 2.09. The van der Waals surface area contributed by atoms with E-state index in [0.29, 0.717) is 16.8 Å². The number of rotatable bonds is 5. The molecular weight excluding hydrogens is 252 g/mol. The van der Waals surface area contributed by atoms with Crippen LogP contribution in [-0.4, -0.2) is 36.7 Å². The second-order valence-corrected chi connectivity index (χ2v) is 3.62. The molecule has 0 heterocycles. The first-order valence-corrected chi connectivity index (χ1v) is 5.03. The Morgan fingerprint density at radius 3 is 2.44 bits per heavy atom. The molecule has 0 aliphatic heterocycles.